The summed E-state index contributed by atoms with van der Waals surface area (Å²) in [5.74, 6) is -9.75. The van der Waals surface area contributed by atoms with Crippen LogP contribution in [0.15, 0.2) is 17.0 Å². The lowest BCUT2D eigenvalue weighted by atomic mass is 9.72. The van der Waals surface area contributed by atoms with E-state index in [-0.39, 0.29) is 17.4 Å². The first kappa shape index (κ1) is 29.2. The standard InChI is InChI=1S/C31H36F4O4S/c32-26-25(27(33)29(35)31(28(26)34)40(37,38)39)30(36)24-22(19-12-6-2-7-13-19)16-21(18-10-4-1-5-11-18)17-23(24)20-14-8-3-9-15-20/h16-20H,1-15H2,(H,37,38,39). The van der Waals surface area contributed by atoms with Gasteiger partial charge in [-0.15, -0.1) is 0 Å². The SMILES string of the molecule is O=C(c1c(C2CCCCC2)cc(C2CCCCC2)cc1C1CCCCC1)c1c(F)c(F)c(S(=O)(=O)O)c(F)c1F. The molecule has 0 aromatic heterocycles. The Bertz CT molecular complexity index is 1320. The molecule has 0 atom stereocenters. The molecule has 0 heterocycles. The summed E-state index contributed by atoms with van der Waals surface area (Å²) in [6.07, 6.45) is 14.5. The molecule has 4 nitrogen and oxygen atoms in total. The third kappa shape index (κ3) is 5.60. The van der Waals surface area contributed by atoms with Crippen molar-refractivity contribution in [3.05, 3.63) is 63.2 Å². The molecule has 1 N–H and O–H groups in total. The van der Waals surface area contributed by atoms with Gasteiger partial charge >= 0.3 is 10.1 Å². The highest BCUT2D eigenvalue weighted by Crippen LogP contribution is 2.45. The molecule has 3 fully saturated rings. The summed E-state index contributed by atoms with van der Waals surface area (Å²) in [4.78, 5) is 12.0. The van der Waals surface area contributed by atoms with Crippen molar-refractivity contribution in [3.8, 4) is 0 Å². The second-order valence-corrected chi connectivity index (χ2v) is 13.2. The van der Waals surface area contributed by atoms with E-state index < -0.39 is 49.6 Å². The lowest BCUT2D eigenvalue weighted by Crippen LogP contribution is -2.22. The van der Waals surface area contributed by atoms with Gasteiger partial charge in [0.15, 0.2) is 33.9 Å². The van der Waals surface area contributed by atoms with Gasteiger partial charge in [-0.05, 0) is 73.0 Å². The van der Waals surface area contributed by atoms with Crippen molar-refractivity contribution in [1.82, 2.24) is 0 Å². The fraction of sp³-hybridized carbons (Fsp3) is 0.581. The number of ketones is 1. The summed E-state index contributed by atoms with van der Waals surface area (Å²) < 4.78 is 92.5. The monoisotopic (exact) mass is 580 g/mol. The molecule has 2 aromatic rings. The van der Waals surface area contributed by atoms with Crippen LogP contribution < -0.4 is 0 Å². The van der Waals surface area contributed by atoms with Crippen LogP contribution in [0.3, 0.4) is 0 Å². The molecule has 3 aliphatic rings. The zero-order valence-corrected chi connectivity index (χ0v) is 23.4. The Labute approximate surface area is 233 Å². The molecular formula is C31H36F4O4S. The fourth-order valence-corrected chi connectivity index (χ4v) is 7.91. The van der Waals surface area contributed by atoms with Crippen molar-refractivity contribution < 1.29 is 35.3 Å². The maximum atomic E-state index is 15.3. The molecular weight excluding hydrogens is 544 g/mol. The first-order chi connectivity index (χ1) is 19.1. The summed E-state index contributed by atoms with van der Waals surface area (Å²) in [6.45, 7) is 0. The highest BCUT2D eigenvalue weighted by Gasteiger charge is 2.38. The summed E-state index contributed by atoms with van der Waals surface area (Å²) in [6, 6.07) is 4.00. The molecule has 0 saturated heterocycles. The normalized spacial score (nSPS) is 20.1. The van der Waals surface area contributed by atoms with E-state index in [2.05, 4.69) is 0 Å². The number of benzene rings is 2. The third-order valence-electron chi connectivity index (χ3n) is 9.32. The van der Waals surface area contributed by atoms with Gasteiger partial charge in [-0.25, -0.2) is 17.6 Å². The minimum atomic E-state index is -5.63. The van der Waals surface area contributed by atoms with Crippen molar-refractivity contribution in [2.75, 3.05) is 0 Å². The van der Waals surface area contributed by atoms with Crippen LogP contribution in [0.25, 0.3) is 0 Å². The Kier molecular flexibility index (Phi) is 8.72. The van der Waals surface area contributed by atoms with Gasteiger partial charge in [0, 0.05) is 5.56 Å². The van der Waals surface area contributed by atoms with Gasteiger partial charge < -0.3 is 0 Å². The lowest BCUT2D eigenvalue weighted by Gasteiger charge is -2.32. The van der Waals surface area contributed by atoms with Gasteiger partial charge in [0.25, 0.3) is 0 Å². The first-order valence-electron chi connectivity index (χ1n) is 14.7. The van der Waals surface area contributed by atoms with E-state index in [0.717, 1.165) is 95.5 Å². The molecule has 0 bridgehead atoms. The van der Waals surface area contributed by atoms with Crippen LogP contribution in [0.2, 0.25) is 0 Å². The fourth-order valence-electron chi connectivity index (χ4n) is 7.28. The van der Waals surface area contributed by atoms with Gasteiger partial charge in [0.05, 0.1) is 0 Å². The van der Waals surface area contributed by atoms with Crippen molar-refractivity contribution in [2.45, 2.75) is 119 Å². The van der Waals surface area contributed by atoms with Gasteiger partial charge in [-0.2, -0.15) is 8.42 Å². The number of rotatable bonds is 6. The van der Waals surface area contributed by atoms with Crippen LogP contribution >= 0.6 is 0 Å². The Morgan fingerprint density at radius 2 is 0.975 bits per heavy atom. The second-order valence-electron chi connectivity index (χ2n) is 11.8. The predicted molar refractivity (Wildman–Crippen MR) is 143 cm³/mol. The molecule has 0 amide bonds. The highest BCUT2D eigenvalue weighted by atomic mass is 32.2. The Morgan fingerprint density at radius 1 is 0.600 bits per heavy atom. The Balaban J connectivity index is 1.75. The molecule has 218 valence electrons. The summed E-state index contributed by atoms with van der Waals surface area (Å²) >= 11 is 0. The zero-order valence-electron chi connectivity index (χ0n) is 22.6. The molecule has 0 unspecified atom stereocenters. The van der Waals surface area contributed by atoms with E-state index >= 15 is 8.78 Å². The topological polar surface area (TPSA) is 71.4 Å². The molecule has 0 aliphatic heterocycles. The summed E-state index contributed by atoms with van der Waals surface area (Å²) in [5.41, 5.74) is 1.15. The Morgan fingerprint density at radius 3 is 1.35 bits per heavy atom. The average molecular weight is 581 g/mol. The van der Waals surface area contributed by atoms with E-state index in [1.165, 1.54) is 6.42 Å². The molecule has 2 aromatic carbocycles. The van der Waals surface area contributed by atoms with Crippen LogP contribution in [0, 0.1) is 23.3 Å². The van der Waals surface area contributed by atoms with Crippen LogP contribution in [-0.2, 0) is 10.1 Å². The second kappa shape index (κ2) is 11.9. The van der Waals surface area contributed by atoms with E-state index in [1.54, 1.807) is 0 Å². The molecule has 0 radical (unpaired) electrons. The first-order valence-corrected chi connectivity index (χ1v) is 16.1. The number of carbonyl (C=O) groups is 1. The van der Waals surface area contributed by atoms with Crippen molar-refractivity contribution >= 4 is 15.9 Å². The largest absolute Gasteiger partial charge is 0.300 e. The van der Waals surface area contributed by atoms with Crippen molar-refractivity contribution in [2.24, 2.45) is 0 Å². The Hall–Kier alpha value is -2.26. The number of hydrogen-bond donors (Lipinski definition) is 1. The molecule has 9 heteroatoms. The molecule has 0 spiro atoms. The maximum Gasteiger partial charge on any atom is 0.300 e. The van der Waals surface area contributed by atoms with Gasteiger partial charge in [0.2, 0.25) is 0 Å². The highest BCUT2D eigenvalue weighted by molar-refractivity contribution is 7.85. The number of halogens is 4. The minimum Gasteiger partial charge on any atom is -0.288 e. The van der Waals surface area contributed by atoms with Crippen molar-refractivity contribution in [3.63, 3.8) is 0 Å². The smallest absolute Gasteiger partial charge is 0.288 e. The lowest BCUT2D eigenvalue weighted by molar-refractivity contribution is 0.102. The van der Waals surface area contributed by atoms with Crippen molar-refractivity contribution in [1.29, 1.82) is 0 Å². The summed E-state index contributed by atoms with van der Waals surface area (Å²) in [7, 11) is -5.63. The molecule has 5 rings (SSSR count). The van der Waals surface area contributed by atoms with Crippen LogP contribution in [0.4, 0.5) is 17.6 Å². The van der Waals surface area contributed by atoms with E-state index in [0.29, 0.717) is 17.0 Å². The number of carbonyl (C=O) groups excluding carboxylic acids is 1. The van der Waals surface area contributed by atoms with Gasteiger partial charge in [-0.1, -0.05) is 69.9 Å². The van der Waals surface area contributed by atoms with E-state index in [4.69, 9.17) is 0 Å². The quantitative estimate of drug-likeness (QED) is 0.160. The van der Waals surface area contributed by atoms with E-state index in [1.807, 2.05) is 12.1 Å². The van der Waals surface area contributed by atoms with Crippen LogP contribution in [0.5, 0.6) is 0 Å². The maximum absolute atomic E-state index is 15.3. The molecule has 3 saturated carbocycles. The van der Waals surface area contributed by atoms with E-state index in [9.17, 15) is 26.5 Å². The average Bonchev–Trinajstić information content (AvgIpc) is 2.96. The molecule has 40 heavy (non-hydrogen) atoms. The molecule has 3 aliphatic carbocycles. The number of hydrogen-bond acceptors (Lipinski definition) is 3. The van der Waals surface area contributed by atoms with Gasteiger partial charge in [0.1, 0.15) is 5.56 Å². The van der Waals surface area contributed by atoms with Gasteiger partial charge in [-0.3, -0.25) is 9.35 Å². The zero-order chi connectivity index (χ0) is 28.6. The third-order valence-corrected chi connectivity index (χ3v) is 10.2. The van der Waals surface area contributed by atoms with Crippen LogP contribution in [-0.4, -0.2) is 18.8 Å². The summed E-state index contributed by atoms with van der Waals surface area (Å²) in [5, 5.41) is 0. The van der Waals surface area contributed by atoms with Crippen LogP contribution in [0.1, 0.15) is 147 Å². The minimum absolute atomic E-state index is 0.0310. The predicted octanol–water partition coefficient (Wildman–Crippen LogP) is 8.86.